The topological polar surface area (TPSA) is 52.1 Å². The summed E-state index contributed by atoms with van der Waals surface area (Å²) >= 11 is 0. The second-order valence-electron chi connectivity index (χ2n) is 8.43. The third-order valence-electron chi connectivity index (χ3n) is 6.21. The lowest BCUT2D eigenvalue weighted by atomic mass is 10.1. The zero-order valence-corrected chi connectivity index (χ0v) is 18.8. The van der Waals surface area contributed by atoms with Gasteiger partial charge in [-0.1, -0.05) is 24.3 Å². The number of rotatable bonds is 7. The van der Waals surface area contributed by atoms with Gasteiger partial charge < -0.3 is 25.2 Å². The molecule has 6 heteroatoms. The highest BCUT2D eigenvalue weighted by atomic mass is 16.5. The van der Waals surface area contributed by atoms with Gasteiger partial charge >= 0.3 is 0 Å². The standard InChI is InChI=1S/C25H35N5O/c1-3-26-25(28-21-13-15-30(19-21)22-8-5-4-6-9-22)27-17-20-12-14-29(18-20)23-10-7-11-24(16-23)31-2/h4-11,16,20-21H,3,12-15,17-19H2,1-2H3,(H2,26,27,28). The number of nitrogens with zero attached hydrogens (tertiary/aromatic N) is 3. The molecule has 2 unspecified atom stereocenters. The second kappa shape index (κ2) is 10.4. The van der Waals surface area contributed by atoms with E-state index < -0.39 is 0 Å². The van der Waals surface area contributed by atoms with Crippen LogP contribution in [0.25, 0.3) is 0 Å². The van der Waals surface area contributed by atoms with Gasteiger partial charge in [0.2, 0.25) is 0 Å². The molecule has 2 aromatic carbocycles. The summed E-state index contributed by atoms with van der Waals surface area (Å²) in [5.74, 6) is 2.44. The lowest BCUT2D eigenvalue weighted by Gasteiger charge is -2.21. The lowest BCUT2D eigenvalue weighted by Crippen LogP contribution is -2.45. The fourth-order valence-corrected chi connectivity index (χ4v) is 4.51. The molecule has 4 rings (SSSR count). The number of nitrogens with one attached hydrogen (secondary N) is 2. The molecule has 2 aromatic rings. The van der Waals surface area contributed by atoms with E-state index in [4.69, 9.17) is 9.73 Å². The molecule has 2 heterocycles. The molecule has 2 N–H and O–H groups in total. The van der Waals surface area contributed by atoms with E-state index in [-0.39, 0.29) is 0 Å². The third-order valence-corrected chi connectivity index (χ3v) is 6.21. The van der Waals surface area contributed by atoms with E-state index in [1.807, 2.05) is 6.07 Å². The Labute approximate surface area is 186 Å². The molecule has 6 nitrogen and oxygen atoms in total. The average molecular weight is 422 g/mol. The summed E-state index contributed by atoms with van der Waals surface area (Å²) < 4.78 is 5.38. The quantitative estimate of drug-likeness (QED) is 0.530. The molecule has 0 amide bonds. The zero-order valence-electron chi connectivity index (χ0n) is 18.8. The van der Waals surface area contributed by atoms with Gasteiger partial charge in [-0.3, -0.25) is 4.99 Å². The molecule has 2 atom stereocenters. The Hall–Kier alpha value is -2.89. The molecular formula is C25H35N5O. The van der Waals surface area contributed by atoms with Crippen molar-refractivity contribution >= 4 is 17.3 Å². The van der Waals surface area contributed by atoms with Crippen LogP contribution in [0.3, 0.4) is 0 Å². The molecule has 31 heavy (non-hydrogen) atoms. The summed E-state index contributed by atoms with van der Waals surface area (Å²) in [5.41, 5.74) is 2.54. The summed E-state index contributed by atoms with van der Waals surface area (Å²) in [6, 6.07) is 19.4. The number of hydrogen-bond donors (Lipinski definition) is 2. The third kappa shape index (κ3) is 5.63. The highest BCUT2D eigenvalue weighted by Crippen LogP contribution is 2.27. The summed E-state index contributed by atoms with van der Waals surface area (Å²) in [6.45, 7) is 8.07. The molecule has 166 valence electrons. The molecule has 2 fully saturated rings. The Bertz CT molecular complexity index is 856. The van der Waals surface area contributed by atoms with Gasteiger partial charge in [0.1, 0.15) is 5.75 Å². The predicted octanol–water partition coefficient (Wildman–Crippen LogP) is 3.36. The Kier molecular flexibility index (Phi) is 7.18. The molecule has 0 bridgehead atoms. The number of guanidine groups is 1. The SMILES string of the molecule is CCNC(=NCC1CCN(c2cccc(OC)c2)C1)NC1CCN(c2ccccc2)C1. The monoisotopic (exact) mass is 421 g/mol. The van der Waals surface area contributed by atoms with Gasteiger partial charge in [-0.05, 0) is 49.9 Å². The first kappa shape index (κ1) is 21.3. The van der Waals surface area contributed by atoms with Crippen LogP contribution in [0, 0.1) is 5.92 Å². The van der Waals surface area contributed by atoms with Crippen LogP contribution in [0.4, 0.5) is 11.4 Å². The predicted molar refractivity (Wildman–Crippen MR) is 129 cm³/mol. The number of ether oxygens (including phenoxy) is 1. The first-order valence-corrected chi connectivity index (χ1v) is 11.5. The van der Waals surface area contributed by atoms with E-state index in [0.717, 1.165) is 57.4 Å². The molecule has 2 aliphatic heterocycles. The van der Waals surface area contributed by atoms with Crippen LogP contribution >= 0.6 is 0 Å². The van der Waals surface area contributed by atoms with Crippen LogP contribution in [0.1, 0.15) is 19.8 Å². The van der Waals surface area contributed by atoms with Crippen molar-refractivity contribution < 1.29 is 4.74 Å². The molecule has 0 spiro atoms. The van der Waals surface area contributed by atoms with Crippen molar-refractivity contribution in [2.24, 2.45) is 10.9 Å². The number of hydrogen-bond acceptors (Lipinski definition) is 4. The maximum absolute atomic E-state index is 5.38. The van der Waals surface area contributed by atoms with Gasteiger partial charge in [-0.25, -0.2) is 0 Å². The van der Waals surface area contributed by atoms with Crippen molar-refractivity contribution in [3.05, 3.63) is 54.6 Å². The van der Waals surface area contributed by atoms with Crippen molar-refractivity contribution in [3.63, 3.8) is 0 Å². The number of methoxy groups -OCH3 is 1. The highest BCUT2D eigenvalue weighted by Gasteiger charge is 2.25. The van der Waals surface area contributed by atoms with E-state index in [2.05, 4.69) is 75.9 Å². The van der Waals surface area contributed by atoms with Crippen LogP contribution in [-0.2, 0) is 0 Å². The number of benzene rings is 2. The van der Waals surface area contributed by atoms with Crippen LogP contribution in [0.15, 0.2) is 59.6 Å². The molecular weight excluding hydrogens is 386 g/mol. The Balaban J connectivity index is 1.30. The highest BCUT2D eigenvalue weighted by molar-refractivity contribution is 5.80. The van der Waals surface area contributed by atoms with Crippen molar-refractivity contribution in [1.82, 2.24) is 10.6 Å². The molecule has 0 radical (unpaired) electrons. The number of anilines is 2. The van der Waals surface area contributed by atoms with Crippen LogP contribution < -0.4 is 25.2 Å². The van der Waals surface area contributed by atoms with Crippen LogP contribution in [0.5, 0.6) is 5.75 Å². The summed E-state index contributed by atoms with van der Waals surface area (Å²) in [7, 11) is 1.72. The average Bonchev–Trinajstić information content (AvgIpc) is 3.48. The second-order valence-corrected chi connectivity index (χ2v) is 8.43. The fraction of sp³-hybridized carbons (Fsp3) is 0.480. The van der Waals surface area contributed by atoms with E-state index in [1.165, 1.54) is 17.8 Å². The Morgan fingerprint density at radius 1 is 1.00 bits per heavy atom. The van der Waals surface area contributed by atoms with Gasteiger partial charge in [0.05, 0.1) is 7.11 Å². The van der Waals surface area contributed by atoms with Crippen molar-refractivity contribution in [2.45, 2.75) is 25.8 Å². The van der Waals surface area contributed by atoms with Crippen LogP contribution in [0.2, 0.25) is 0 Å². The minimum atomic E-state index is 0.426. The normalized spacial score (nSPS) is 21.4. The summed E-state index contributed by atoms with van der Waals surface area (Å²) in [6.07, 6.45) is 2.30. The molecule has 2 saturated heterocycles. The Morgan fingerprint density at radius 3 is 2.58 bits per heavy atom. The summed E-state index contributed by atoms with van der Waals surface area (Å²) in [4.78, 5) is 9.83. The summed E-state index contributed by atoms with van der Waals surface area (Å²) in [5, 5.41) is 7.10. The van der Waals surface area contributed by atoms with Gasteiger partial charge in [-0.2, -0.15) is 0 Å². The number of aliphatic imine (C=N–C) groups is 1. The Morgan fingerprint density at radius 2 is 1.77 bits per heavy atom. The van der Waals surface area contributed by atoms with Crippen molar-refractivity contribution in [2.75, 3.05) is 56.2 Å². The minimum Gasteiger partial charge on any atom is -0.497 e. The van der Waals surface area contributed by atoms with Crippen LogP contribution in [-0.4, -0.2) is 58.4 Å². The maximum Gasteiger partial charge on any atom is 0.191 e. The zero-order chi connectivity index (χ0) is 21.5. The smallest absolute Gasteiger partial charge is 0.191 e. The van der Waals surface area contributed by atoms with Gasteiger partial charge in [-0.15, -0.1) is 0 Å². The molecule has 2 aliphatic rings. The van der Waals surface area contributed by atoms with Crippen molar-refractivity contribution in [3.8, 4) is 5.75 Å². The van der Waals surface area contributed by atoms with E-state index in [9.17, 15) is 0 Å². The minimum absolute atomic E-state index is 0.426. The van der Waals surface area contributed by atoms with E-state index >= 15 is 0 Å². The van der Waals surface area contributed by atoms with E-state index in [0.29, 0.717) is 12.0 Å². The lowest BCUT2D eigenvalue weighted by molar-refractivity contribution is 0.415. The van der Waals surface area contributed by atoms with E-state index in [1.54, 1.807) is 7.11 Å². The first-order chi connectivity index (χ1) is 15.2. The fourth-order valence-electron chi connectivity index (χ4n) is 4.51. The van der Waals surface area contributed by atoms with Gasteiger partial charge in [0.15, 0.2) is 5.96 Å². The molecule has 0 aromatic heterocycles. The number of para-hydroxylation sites is 1. The van der Waals surface area contributed by atoms with Gasteiger partial charge in [0.25, 0.3) is 0 Å². The maximum atomic E-state index is 5.38. The van der Waals surface area contributed by atoms with Gasteiger partial charge in [0, 0.05) is 62.8 Å². The molecule has 0 aliphatic carbocycles. The van der Waals surface area contributed by atoms with Crippen molar-refractivity contribution in [1.29, 1.82) is 0 Å². The largest absolute Gasteiger partial charge is 0.497 e. The first-order valence-electron chi connectivity index (χ1n) is 11.5. The molecule has 0 saturated carbocycles.